The minimum atomic E-state index is -0.0479. The molecule has 3 aromatic rings. The number of methoxy groups -OCH3 is 1. The molecule has 2 aromatic carbocycles. The van der Waals surface area contributed by atoms with Gasteiger partial charge in [-0.3, -0.25) is 0 Å². The van der Waals surface area contributed by atoms with Crippen LogP contribution in [0.2, 0.25) is 0 Å². The molecule has 0 aliphatic carbocycles. The van der Waals surface area contributed by atoms with Gasteiger partial charge < -0.3 is 14.9 Å². The van der Waals surface area contributed by atoms with E-state index in [1.54, 1.807) is 7.11 Å². The van der Waals surface area contributed by atoms with E-state index < -0.39 is 0 Å². The maximum atomic E-state index is 5.90. The highest BCUT2D eigenvalue weighted by Gasteiger charge is 2.20. The molecule has 0 saturated carbocycles. The molecule has 0 aliphatic rings. The van der Waals surface area contributed by atoms with E-state index in [0.29, 0.717) is 23.8 Å². The summed E-state index contributed by atoms with van der Waals surface area (Å²) in [5.41, 5.74) is 8.45. The fourth-order valence-electron chi connectivity index (χ4n) is 2.32. The topological polar surface area (TPSA) is 61.3 Å². The molecule has 3 rings (SSSR count). The van der Waals surface area contributed by atoms with Crippen LogP contribution in [0.1, 0.15) is 17.4 Å². The number of hydrogen-bond acceptors (Lipinski definition) is 4. The standard InChI is InChI=1S/C16H16N2O2/c1-19-13-8-5-9-14-15(13)18-16(20-14)12(10-17)11-6-3-2-4-7-11/h2-9,12H,10,17H2,1H3. The predicted molar refractivity (Wildman–Crippen MR) is 77.9 cm³/mol. The number of benzene rings is 2. The Morgan fingerprint density at radius 2 is 1.95 bits per heavy atom. The third kappa shape index (κ3) is 2.14. The van der Waals surface area contributed by atoms with E-state index in [-0.39, 0.29) is 5.92 Å². The SMILES string of the molecule is COc1cccc2oc(C(CN)c3ccccc3)nc12. The van der Waals surface area contributed by atoms with E-state index in [2.05, 4.69) is 4.98 Å². The lowest BCUT2D eigenvalue weighted by Crippen LogP contribution is -2.14. The van der Waals surface area contributed by atoms with Crippen LogP contribution < -0.4 is 10.5 Å². The Labute approximate surface area is 117 Å². The van der Waals surface area contributed by atoms with E-state index in [4.69, 9.17) is 14.9 Å². The van der Waals surface area contributed by atoms with E-state index in [9.17, 15) is 0 Å². The molecule has 1 heterocycles. The third-order valence-corrected chi connectivity index (χ3v) is 3.35. The molecule has 102 valence electrons. The summed E-state index contributed by atoms with van der Waals surface area (Å²) in [6, 6.07) is 15.7. The number of rotatable bonds is 4. The smallest absolute Gasteiger partial charge is 0.204 e. The third-order valence-electron chi connectivity index (χ3n) is 3.35. The number of nitrogens with two attached hydrogens (primary N) is 1. The first-order chi connectivity index (χ1) is 9.83. The Bertz CT molecular complexity index is 707. The van der Waals surface area contributed by atoms with Crippen molar-refractivity contribution in [2.24, 2.45) is 5.73 Å². The summed E-state index contributed by atoms with van der Waals surface area (Å²) in [5, 5.41) is 0. The van der Waals surface area contributed by atoms with E-state index >= 15 is 0 Å². The van der Waals surface area contributed by atoms with Crippen LogP contribution in [-0.2, 0) is 0 Å². The highest BCUT2D eigenvalue weighted by atomic mass is 16.5. The Hall–Kier alpha value is -2.33. The first kappa shape index (κ1) is 12.7. The number of ether oxygens (including phenoxy) is 1. The molecule has 0 radical (unpaired) electrons. The number of hydrogen-bond donors (Lipinski definition) is 1. The molecule has 0 saturated heterocycles. The summed E-state index contributed by atoms with van der Waals surface area (Å²) in [6.07, 6.45) is 0. The zero-order valence-corrected chi connectivity index (χ0v) is 11.2. The number of oxazole rings is 1. The minimum absolute atomic E-state index is 0.0479. The largest absolute Gasteiger partial charge is 0.494 e. The van der Waals surface area contributed by atoms with Crippen molar-refractivity contribution in [3.63, 3.8) is 0 Å². The second kappa shape index (κ2) is 5.35. The zero-order chi connectivity index (χ0) is 13.9. The van der Waals surface area contributed by atoms with Crippen molar-refractivity contribution in [2.75, 3.05) is 13.7 Å². The summed E-state index contributed by atoms with van der Waals surface area (Å²) in [7, 11) is 1.63. The molecule has 0 fully saturated rings. The molecule has 1 unspecified atom stereocenters. The molecule has 0 amide bonds. The van der Waals surface area contributed by atoms with Crippen molar-refractivity contribution in [1.82, 2.24) is 4.98 Å². The van der Waals surface area contributed by atoms with E-state index in [1.807, 2.05) is 48.5 Å². The van der Waals surface area contributed by atoms with E-state index in [0.717, 1.165) is 11.1 Å². The number of nitrogens with zero attached hydrogens (tertiary/aromatic N) is 1. The fourth-order valence-corrected chi connectivity index (χ4v) is 2.32. The molecular formula is C16H16N2O2. The molecule has 0 aliphatic heterocycles. The predicted octanol–water partition coefficient (Wildman–Crippen LogP) is 2.93. The van der Waals surface area contributed by atoms with Gasteiger partial charge in [0, 0.05) is 6.54 Å². The molecule has 4 nitrogen and oxygen atoms in total. The highest BCUT2D eigenvalue weighted by molar-refractivity contribution is 5.79. The normalized spacial score (nSPS) is 12.5. The lowest BCUT2D eigenvalue weighted by molar-refractivity contribution is 0.419. The average molecular weight is 268 g/mol. The Morgan fingerprint density at radius 3 is 2.65 bits per heavy atom. The van der Waals surface area contributed by atoms with Crippen molar-refractivity contribution in [3.05, 3.63) is 60.0 Å². The van der Waals surface area contributed by atoms with Crippen LogP contribution in [0.5, 0.6) is 5.75 Å². The number of aromatic nitrogens is 1. The van der Waals surface area contributed by atoms with Gasteiger partial charge in [0.15, 0.2) is 11.1 Å². The quantitative estimate of drug-likeness (QED) is 0.790. The van der Waals surface area contributed by atoms with Gasteiger partial charge in [-0.1, -0.05) is 36.4 Å². The van der Waals surface area contributed by atoms with Crippen LogP contribution in [0.15, 0.2) is 52.9 Å². The first-order valence-corrected chi connectivity index (χ1v) is 6.52. The minimum Gasteiger partial charge on any atom is -0.494 e. The Balaban J connectivity index is 2.09. The maximum Gasteiger partial charge on any atom is 0.204 e. The van der Waals surface area contributed by atoms with Crippen molar-refractivity contribution >= 4 is 11.1 Å². The Kier molecular flexibility index (Phi) is 3.39. The van der Waals surface area contributed by atoms with Crippen LogP contribution in [-0.4, -0.2) is 18.6 Å². The van der Waals surface area contributed by atoms with Gasteiger partial charge in [-0.25, -0.2) is 4.98 Å². The van der Waals surface area contributed by atoms with Gasteiger partial charge in [-0.05, 0) is 17.7 Å². The summed E-state index contributed by atoms with van der Waals surface area (Å²) in [6.45, 7) is 0.444. The lowest BCUT2D eigenvalue weighted by Gasteiger charge is -2.10. The van der Waals surface area contributed by atoms with Gasteiger partial charge in [-0.2, -0.15) is 0 Å². The van der Waals surface area contributed by atoms with Crippen molar-refractivity contribution in [1.29, 1.82) is 0 Å². The fraction of sp³-hybridized carbons (Fsp3) is 0.188. The monoisotopic (exact) mass is 268 g/mol. The van der Waals surface area contributed by atoms with Crippen molar-refractivity contribution < 1.29 is 9.15 Å². The Morgan fingerprint density at radius 1 is 1.15 bits per heavy atom. The summed E-state index contributed by atoms with van der Waals surface area (Å²) < 4.78 is 11.2. The molecular weight excluding hydrogens is 252 g/mol. The van der Waals surface area contributed by atoms with Gasteiger partial charge in [-0.15, -0.1) is 0 Å². The highest BCUT2D eigenvalue weighted by Crippen LogP contribution is 2.30. The van der Waals surface area contributed by atoms with Gasteiger partial charge in [0.1, 0.15) is 5.75 Å². The van der Waals surface area contributed by atoms with Crippen molar-refractivity contribution in [3.8, 4) is 5.75 Å². The van der Waals surface area contributed by atoms with Gasteiger partial charge in [0.25, 0.3) is 0 Å². The van der Waals surface area contributed by atoms with Crippen LogP contribution in [0.4, 0.5) is 0 Å². The molecule has 20 heavy (non-hydrogen) atoms. The summed E-state index contributed by atoms with van der Waals surface area (Å²) in [5.74, 6) is 1.29. The molecule has 1 atom stereocenters. The van der Waals surface area contributed by atoms with Crippen LogP contribution in [0.3, 0.4) is 0 Å². The summed E-state index contributed by atoms with van der Waals surface area (Å²) in [4.78, 5) is 4.56. The first-order valence-electron chi connectivity index (χ1n) is 6.52. The molecule has 4 heteroatoms. The van der Waals surface area contributed by atoms with Crippen LogP contribution in [0, 0.1) is 0 Å². The lowest BCUT2D eigenvalue weighted by atomic mass is 9.99. The second-order valence-corrected chi connectivity index (χ2v) is 4.56. The maximum absolute atomic E-state index is 5.90. The molecule has 0 bridgehead atoms. The van der Waals surface area contributed by atoms with Gasteiger partial charge in [0.05, 0.1) is 13.0 Å². The van der Waals surface area contributed by atoms with Crippen molar-refractivity contribution in [2.45, 2.75) is 5.92 Å². The van der Waals surface area contributed by atoms with Gasteiger partial charge in [0.2, 0.25) is 5.89 Å². The second-order valence-electron chi connectivity index (χ2n) is 4.56. The van der Waals surface area contributed by atoms with Crippen LogP contribution in [0.25, 0.3) is 11.1 Å². The number of para-hydroxylation sites is 1. The summed E-state index contributed by atoms with van der Waals surface area (Å²) >= 11 is 0. The molecule has 1 aromatic heterocycles. The van der Waals surface area contributed by atoms with E-state index in [1.165, 1.54) is 0 Å². The molecule has 0 spiro atoms. The number of fused-ring (bicyclic) bond motifs is 1. The zero-order valence-electron chi connectivity index (χ0n) is 11.2. The molecule has 2 N–H and O–H groups in total. The van der Waals surface area contributed by atoms with Gasteiger partial charge >= 0.3 is 0 Å². The average Bonchev–Trinajstić information content (AvgIpc) is 2.92. The van der Waals surface area contributed by atoms with Crippen LogP contribution >= 0.6 is 0 Å².